The van der Waals surface area contributed by atoms with E-state index in [1.165, 1.54) is 6.07 Å². The van der Waals surface area contributed by atoms with E-state index in [0.29, 0.717) is 12.5 Å². The summed E-state index contributed by atoms with van der Waals surface area (Å²) in [6.45, 7) is 2.33. The quantitative estimate of drug-likeness (QED) is 0.663. The van der Waals surface area contributed by atoms with Gasteiger partial charge in [-0.15, -0.1) is 0 Å². The van der Waals surface area contributed by atoms with Crippen LogP contribution >= 0.6 is 0 Å². The second-order valence-electron chi connectivity index (χ2n) is 5.08. The van der Waals surface area contributed by atoms with Crippen molar-refractivity contribution in [1.82, 2.24) is 5.32 Å². The van der Waals surface area contributed by atoms with E-state index in [-0.39, 0.29) is 5.69 Å². The van der Waals surface area contributed by atoms with Gasteiger partial charge < -0.3 is 10.6 Å². The molecule has 0 aromatic heterocycles. The average molecular weight is 303 g/mol. The van der Waals surface area contributed by atoms with Gasteiger partial charge in [0.25, 0.3) is 5.69 Å². The Labute approximate surface area is 119 Å². The molecule has 21 heavy (non-hydrogen) atoms. The molecule has 5 nitrogen and oxygen atoms in total. The highest BCUT2D eigenvalue weighted by Crippen LogP contribution is 2.37. The van der Waals surface area contributed by atoms with Crippen LogP contribution in [0.3, 0.4) is 0 Å². The number of nitrogens with zero attached hydrogens (tertiary/aromatic N) is 1. The van der Waals surface area contributed by atoms with Gasteiger partial charge >= 0.3 is 6.18 Å². The van der Waals surface area contributed by atoms with Crippen molar-refractivity contribution < 1.29 is 18.1 Å². The van der Waals surface area contributed by atoms with Gasteiger partial charge in [0.05, 0.1) is 4.92 Å². The van der Waals surface area contributed by atoms with E-state index in [0.717, 1.165) is 38.1 Å². The summed E-state index contributed by atoms with van der Waals surface area (Å²) in [4.78, 5) is 9.65. The minimum absolute atomic E-state index is 0.249. The SMILES string of the molecule is O=[N+]([O-])c1ccc(NCC2CCCNC2)cc1C(F)(F)F. The molecule has 1 heterocycles. The van der Waals surface area contributed by atoms with Gasteiger partial charge in [0.1, 0.15) is 5.56 Å². The first-order chi connectivity index (χ1) is 9.88. The number of halogens is 3. The van der Waals surface area contributed by atoms with Crippen LogP contribution in [0.1, 0.15) is 18.4 Å². The van der Waals surface area contributed by atoms with Crippen LogP contribution in [0.2, 0.25) is 0 Å². The standard InChI is InChI=1S/C13H16F3N3O2/c14-13(15,16)11-6-10(3-4-12(11)19(20)21)18-8-9-2-1-5-17-7-9/h3-4,6,9,17-18H,1-2,5,7-8H2. The molecule has 1 atom stereocenters. The number of rotatable bonds is 4. The van der Waals surface area contributed by atoms with E-state index >= 15 is 0 Å². The molecule has 8 heteroatoms. The molecule has 1 saturated heterocycles. The average Bonchev–Trinajstić information content (AvgIpc) is 2.45. The highest BCUT2D eigenvalue weighted by Gasteiger charge is 2.38. The number of piperidine rings is 1. The van der Waals surface area contributed by atoms with Crippen LogP contribution in [0.5, 0.6) is 0 Å². The lowest BCUT2D eigenvalue weighted by molar-refractivity contribution is -0.388. The molecule has 116 valence electrons. The Morgan fingerprint density at radius 2 is 2.19 bits per heavy atom. The maximum absolute atomic E-state index is 12.8. The van der Waals surface area contributed by atoms with Crippen LogP contribution in [0.15, 0.2) is 18.2 Å². The molecule has 1 aromatic rings. The Morgan fingerprint density at radius 3 is 2.76 bits per heavy atom. The van der Waals surface area contributed by atoms with E-state index in [4.69, 9.17) is 0 Å². The maximum Gasteiger partial charge on any atom is 0.423 e. The molecule has 1 aromatic carbocycles. The molecule has 0 amide bonds. The topological polar surface area (TPSA) is 67.2 Å². The van der Waals surface area contributed by atoms with E-state index in [1.54, 1.807) is 0 Å². The van der Waals surface area contributed by atoms with Gasteiger partial charge in [-0.2, -0.15) is 13.2 Å². The Balaban J connectivity index is 2.11. The number of hydrogen-bond acceptors (Lipinski definition) is 4. The normalized spacial score (nSPS) is 19.3. The zero-order chi connectivity index (χ0) is 15.5. The summed E-state index contributed by atoms with van der Waals surface area (Å²) in [6, 6.07) is 3.00. The van der Waals surface area contributed by atoms with Gasteiger partial charge in [-0.1, -0.05) is 0 Å². The highest BCUT2D eigenvalue weighted by molar-refractivity contribution is 5.55. The van der Waals surface area contributed by atoms with Gasteiger partial charge in [0.2, 0.25) is 0 Å². The second-order valence-corrected chi connectivity index (χ2v) is 5.08. The van der Waals surface area contributed by atoms with Crippen LogP contribution in [0, 0.1) is 16.0 Å². The van der Waals surface area contributed by atoms with Crippen molar-refractivity contribution in [2.75, 3.05) is 25.0 Å². The largest absolute Gasteiger partial charge is 0.423 e. The minimum atomic E-state index is -4.74. The molecule has 1 aliphatic heterocycles. The number of nitro groups is 1. The fraction of sp³-hybridized carbons (Fsp3) is 0.538. The summed E-state index contributed by atoms with van der Waals surface area (Å²) >= 11 is 0. The molecule has 0 bridgehead atoms. The molecule has 2 rings (SSSR count). The molecule has 2 N–H and O–H groups in total. The van der Waals surface area contributed by atoms with Crippen molar-refractivity contribution >= 4 is 11.4 Å². The fourth-order valence-corrected chi connectivity index (χ4v) is 2.39. The first-order valence-corrected chi connectivity index (χ1v) is 6.68. The molecule has 0 aliphatic carbocycles. The number of nitrogens with one attached hydrogen (secondary N) is 2. The van der Waals surface area contributed by atoms with Crippen molar-refractivity contribution in [2.45, 2.75) is 19.0 Å². The summed E-state index contributed by atoms with van der Waals surface area (Å²) in [7, 11) is 0. The zero-order valence-corrected chi connectivity index (χ0v) is 11.2. The Kier molecular flexibility index (Phi) is 4.66. The molecular formula is C13H16F3N3O2. The Hall–Kier alpha value is -1.83. The smallest absolute Gasteiger partial charge is 0.385 e. The predicted octanol–water partition coefficient (Wildman–Crippen LogP) is 3.03. The van der Waals surface area contributed by atoms with E-state index in [1.807, 2.05) is 0 Å². The third kappa shape index (κ3) is 4.07. The molecule has 1 fully saturated rings. The van der Waals surface area contributed by atoms with Gasteiger partial charge in [-0.25, -0.2) is 0 Å². The third-order valence-electron chi connectivity index (χ3n) is 3.49. The van der Waals surface area contributed by atoms with Gasteiger partial charge in [0.15, 0.2) is 0 Å². The predicted molar refractivity (Wildman–Crippen MR) is 72.2 cm³/mol. The van der Waals surface area contributed by atoms with Crippen LogP contribution in [-0.2, 0) is 6.18 Å². The van der Waals surface area contributed by atoms with Crippen LogP contribution in [0.4, 0.5) is 24.5 Å². The minimum Gasteiger partial charge on any atom is -0.385 e. The maximum atomic E-state index is 12.8. The van der Waals surface area contributed by atoms with Gasteiger partial charge in [-0.3, -0.25) is 10.1 Å². The Morgan fingerprint density at radius 1 is 1.43 bits per heavy atom. The number of alkyl halides is 3. The monoisotopic (exact) mass is 303 g/mol. The van der Waals surface area contributed by atoms with Crippen LogP contribution in [0.25, 0.3) is 0 Å². The van der Waals surface area contributed by atoms with Crippen molar-refractivity contribution in [3.63, 3.8) is 0 Å². The summed E-state index contributed by atoms with van der Waals surface area (Å²) < 4.78 is 38.5. The van der Waals surface area contributed by atoms with Crippen molar-refractivity contribution in [3.8, 4) is 0 Å². The number of anilines is 1. The first-order valence-electron chi connectivity index (χ1n) is 6.68. The summed E-state index contributed by atoms with van der Waals surface area (Å²) in [5, 5.41) is 16.8. The second kappa shape index (κ2) is 6.30. The fourth-order valence-electron chi connectivity index (χ4n) is 2.39. The third-order valence-corrected chi connectivity index (χ3v) is 3.49. The molecular weight excluding hydrogens is 287 g/mol. The first kappa shape index (κ1) is 15.6. The Bertz CT molecular complexity index is 514. The zero-order valence-electron chi connectivity index (χ0n) is 11.2. The lowest BCUT2D eigenvalue weighted by Crippen LogP contribution is -2.33. The van der Waals surface area contributed by atoms with Gasteiger partial charge in [-0.05, 0) is 44.0 Å². The molecule has 0 spiro atoms. The number of benzene rings is 1. The van der Waals surface area contributed by atoms with E-state index in [2.05, 4.69) is 10.6 Å². The van der Waals surface area contributed by atoms with Crippen molar-refractivity contribution in [3.05, 3.63) is 33.9 Å². The summed E-state index contributed by atoms with van der Waals surface area (Å²) in [5.74, 6) is 0.350. The van der Waals surface area contributed by atoms with Crippen molar-refractivity contribution in [1.29, 1.82) is 0 Å². The molecule has 1 aliphatic rings. The lowest BCUT2D eigenvalue weighted by atomic mass is 9.99. The number of hydrogen-bond donors (Lipinski definition) is 2. The van der Waals surface area contributed by atoms with Gasteiger partial charge in [0, 0.05) is 18.3 Å². The van der Waals surface area contributed by atoms with E-state index < -0.39 is 22.4 Å². The van der Waals surface area contributed by atoms with Crippen molar-refractivity contribution in [2.24, 2.45) is 5.92 Å². The highest BCUT2D eigenvalue weighted by atomic mass is 19.4. The van der Waals surface area contributed by atoms with Crippen LogP contribution < -0.4 is 10.6 Å². The number of nitro benzene ring substituents is 1. The molecule has 1 unspecified atom stereocenters. The molecule has 0 radical (unpaired) electrons. The lowest BCUT2D eigenvalue weighted by Gasteiger charge is -2.23. The summed E-state index contributed by atoms with van der Waals surface area (Å²) in [5.41, 5.74) is -1.90. The van der Waals surface area contributed by atoms with Crippen LogP contribution in [-0.4, -0.2) is 24.6 Å². The molecule has 0 saturated carbocycles. The van der Waals surface area contributed by atoms with E-state index in [9.17, 15) is 23.3 Å². The summed E-state index contributed by atoms with van der Waals surface area (Å²) in [6.07, 6.45) is -2.69.